The molecule has 0 aliphatic carbocycles. The molecule has 0 atom stereocenters. The van der Waals surface area contributed by atoms with Crippen LogP contribution in [-0.2, 0) is 23.5 Å². The molecule has 1 N–H and O–H groups in total. The lowest BCUT2D eigenvalue weighted by molar-refractivity contribution is -0.115. The normalized spacial score (nSPS) is 10.8. The van der Waals surface area contributed by atoms with E-state index >= 15 is 0 Å². The van der Waals surface area contributed by atoms with Crippen molar-refractivity contribution < 1.29 is 4.79 Å². The molecule has 0 bridgehead atoms. The molecule has 6 nitrogen and oxygen atoms in total. The number of nitrogens with one attached hydrogen (secondary N) is 1. The highest BCUT2D eigenvalue weighted by Gasteiger charge is 2.15. The Bertz CT molecular complexity index is 1250. The van der Waals surface area contributed by atoms with Crippen molar-refractivity contribution in [2.45, 2.75) is 30.8 Å². The maximum absolute atomic E-state index is 12.3. The average molecular weight is 496 g/mol. The Hall–Kier alpha value is -2.94. The minimum atomic E-state index is -0.0780. The minimum Gasteiger partial charge on any atom is -0.326 e. The summed E-state index contributed by atoms with van der Waals surface area (Å²) in [6, 6.07) is 15.3. The van der Waals surface area contributed by atoms with Crippen molar-refractivity contribution in [2.24, 2.45) is 0 Å². The first kappa shape index (κ1) is 23.2. The van der Waals surface area contributed by atoms with Gasteiger partial charge in [-0.1, -0.05) is 47.1 Å². The van der Waals surface area contributed by atoms with Crippen LogP contribution in [0, 0.1) is 6.92 Å². The number of carbonyl (C=O) groups excluding carboxylic acids is 1. The van der Waals surface area contributed by atoms with Gasteiger partial charge in [0.1, 0.15) is 5.01 Å². The van der Waals surface area contributed by atoms with Crippen LogP contribution in [0.3, 0.4) is 0 Å². The van der Waals surface area contributed by atoms with Gasteiger partial charge >= 0.3 is 0 Å². The molecule has 2 heterocycles. The molecular formula is C24H22ClN5OS2. The highest BCUT2D eigenvalue weighted by molar-refractivity contribution is 7.98. The number of thioether (sulfide) groups is 1. The Labute approximate surface area is 205 Å². The monoisotopic (exact) mass is 495 g/mol. The fourth-order valence-corrected chi connectivity index (χ4v) is 4.98. The van der Waals surface area contributed by atoms with Crippen molar-refractivity contribution in [3.63, 3.8) is 0 Å². The van der Waals surface area contributed by atoms with E-state index in [2.05, 4.69) is 27.1 Å². The Morgan fingerprint density at radius 3 is 2.67 bits per heavy atom. The van der Waals surface area contributed by atoms with Gasteiger partial charge < -0.3 is 5.32 Å². The van der Waals surface area contributed by atoms with Crippen LogP contribution in [0.25, 0.3) is 11.4 Å². The summed E-state index contributed by atoms with van der Waals surface area (Å²) in [6.45, 7) is 6.46. The van der Waals surface area contributed by atoms with Gasteiger partial charge in [-0.25, -0.2) is 4.98 Å². The molecule has 1 amide bonds. The van der Waals surface area contributed by atoms with E-state index in [1.165, 1.54) is 11.3 Å². The van der Waals surface area contributed by atoms with E-state index in [-0.39, 0.29) is 12.3 Å². The number of amides is 1. The van der Waals surface area contributed by atoms with Gasteiger partial charge in [0.15, 0.2) is 11.0 Å². The van der Waals surface area contributed by atoms with E-state index in [9.17, 15) is 4.79 Å². The zero-order valence-electron chi connectivity index (χ0n) is 18.0. The predicted octanol–water partition coefficient (Wildman–Crippen LogP) is 6.02. The van der Waals surface area contributed by atoms with Crippen molar-refractivity contribution in [3.8, 4) is 11.4 Å². The Balaban J connectivity index is 1.38. The molecule has 0 unspecified atom stereocenters. The van der Waals surface area contributed by atoms with Gasteiger partial charge in [0.25, 0.3) is 0 Å². The number of benzene rings is 2. The molecule has 2 aromatic carbocycles. The van der Waals surface area contributed by atoms with E-state index < -0.39 is 0 Å². The number of aryl methyl sites for hydroxylation is 1. The molecule has 4 rings (SSSR count). The second-order valence-electron chi connectivity index (χ2n) is 7.32. The first-order valence-corrected chi connectivity index (χ1v) is 12.5. The third kappa shape index (κ3) is 6.10. The van der Waals surface area contributed by atoms with Crippen LogP contribution < -0.4 is 5.32 Å². The first-order valence-electron chi connectivity index (χ1n) is 10.2. The first-order chi connectivity index (χ1) is 16.0. The minimum absolute atomic E-state index is 0.0780. The van der Waals surface area contributed by atoms with E-state index in [1.807, 2.05) is 71.5 Å². The van der Waals surface area contributed by atoms with Gasteiger partial charge in [-0.05, 0) is 43.3 Å². The van der Waals surface area contributed by atoms with Crippen LogP contribution >= 0.6 is 34.7 Å². The van der Waals surface area contributed by atoms with E-state index in [0.717, 1.165) is 38.5 Å². The number of thiazole rings is 1. The number of carbonyl (C=O) groups is 1. The highest BCUT2D eigenvalue weighted by Crippen LogP contribution is 2.28. The number of rotatable bonds is 9. The lowest BCUT2D eigenvalue weighted by atomic mass is 10.2. The summed E-state index contributed by atoms with van der Waals surface area (Å²) in [7, 11) is 0. The SMILES string of the molecule is C=CCn1c(SCc2csc(CC(=O)Nc3ccc(C)cc3)n2)nnc1-c1ccc(Cl)cc1. The van der Waals surface area contributed by atoms with E-state index in [0.29, 0.717) is 17.3 Å². The molecule has 0 radical (unpaired) electrons. The average Bonchev–Trinajstić information content (AvgIpc) is 3.41. The second-order valence-corrected chi connectivity index (χ2v) is 9.65. The fraction of sp³-hybridized carbons (Fsp3) is 0.167. The summed E-state index contributed by atoms with van der Waals surface area (Å²) >= 11 is 9.05. The fourth-order valence-electron chi connectivity index (χ4n) is 3.12. The summed E-state index contributed by atoms with van der Waals surface area (Å²) < 4.78 is 2.02. The number of aromatic nitrogens is 4. The largest absolute Gasteiger partial charge is 0.326 e. The van der Waals surface area contributed by atoms with Gasteiger partial charge in [0.05, 0.1) is 12.1 Å². The number of nitrogens with zero attached hydrogens (tertiary/aromatic N) is 4. The summed E-state index contributed by atoms with van der Waals surface area (Å²) in [5.74, 6) is 1.32. The van der Waals surface area contributed by atoms with Crippen LogP contribution in [-0.4, -0.2) is 25.7 Å². The summed E-state index contributed by atoms with van der Waals surface area (Å²) in [5, 5.41) is 15.9. The van der Waals surface area contributed by atoms with Crippen LogP contribution in [0.4, 0.5) is 5.69 Å². The Morgan fingerprint density at radius 1 is 1.18 bits per heavy atom. The quantitative estimate of drug-likeness (QED) is 0.227. The van der Waals surface area contributed by atoms with Gasteiger partial charge in [0, 0.05) is 34.0 Å². The molecule has 0 aliphatic rings. The summed E-state index contributed by atoms with van der Waals surface area (Å²) in [6.07, 6.45) is 2.07. The molecule has 33 heavy (non-hydrogen) atoms. The van der Waals surface area contributed by atoms with Crippen LogP contribution in [0.5, 0.6) is 0 Å². The maximum Gasteiger partial charge on any atom is 0.231 e. The van der Waals surface area contributed by atoms with Crippen molar-refractivity contribution in [3.05, 3.63) is 87.9 Å². The Morgan fingerprint density at radius 2 is 1.94 bits per heavy atom. The van der Waals surface area contributed by atoms with Gasteiger partial charge in [-0.2, -0.15) is 0 Å². The molecule has 0 saturated heterocycles. The van der Waals surface area contributed by atoms with Crippen LogP contribution in [0.1, 0.15) is 16.3 Å². The Kier molecular flexibility index (Phi) is 7.59. The van der Waals surface area contributed by atoms with Crippen molar-refractivity contribution >= 4 is 46.3 Å². The third-order valence-corrected chi connectivity index (χ3v) is 6.88. The molecule has 9 heteroatoms. The summed E-state index contributed by atoms with van der Waals surface area (Å²) in [4.78, 5) is 17.0. The number of hydrogen-bond acceptors (Lipinski definition) is 6. The number of halogens is 1. The summed E-state index contributed by atoms with van der Waals surface area (Å²) in [5.41, 5.74) is 3.79. The number of allylic oxidation sites excluding steroid dienone is 1. The molecule has 4 aromatic rings. The molecule has 0 saturated carbocycles. The molecular weight excluding hydrogens is 474 g/mol. The molecule has 2 aromatic heterocycles. The van der Waals surface area contributed by atoms with Gasteiger partial charge in [-0.15, -0.1) is 28.1 Å². The lowest BCUT2D eigenvalue weighted by Gasteiger charge is -2.07. The van der Waals surface area contributed by atoms with Crippen LogP contribution in [0.2, 0.25) is 5.02 Å². The second kappa shape index (κ2) is 10.8. The molecule has 0 fully saturated rings. The van der Waals surface area contributed by atoms with Crippen molar-refractivity contribution in [1.82, 2.24) is 19.7 Å². The molecule has 0 spiro atoms. The smallest absolute Gasteiger partial charge is 0.231 e. The molecule has 168 valence electrons. The lowest BCUT2D eigenvalue weighted by Crippen LogP contribution is -2.14. The van der Waals surface area contributed by atoms with Crippen molar-refractivity contribution in [1.29, 1.82) is 0 Å². The topological polar surface area (TPSA) is 72.7 Å². The standard InChI is InChI=1S/C24H22ClN5OS2/c1-3-12-30-23(17-6-8-18(25)9-7-17)28-29-24(30)33-15-20-14-32-22(27-20)13-21(31)26-19-10-4-16(2)5-11-19/h3-11,14H,1,12-13,15H2,2H3,(H,26,31). The zero-order chi connectivity index (χ0) is 23.2. The van der Waals surface area contributed by atoms with E-state index in [1.54, 1.807) is 11.8 Å². The third-order valence-electron chi connectivity index (χ3n) is 4.73. The highest BCUT2D eigenvalue weighted by atomic mass is 35.5. The number of hydrogen-bond donors (Lipinski definition) is 1. The van der Waals surface area contributed by atoms with Gasteiger partial charge in [0.2, 0.25) is 5.91 Å². The van der Waals surface area contributed by atoms with Gasteiger partial charge in [-0.3, -0.25) is 9.36 Å². The number of anilines is 1. The van der Waals surface area contributed by atoms with Crippen LogP contribution in [0.15, 0.2) is 71.7 Å². The predicted molar refractivity (Wildman–Crippen MR) is 136 cm³/mol. The molecule has 0 aliphatic heterocycles. The van der Waals surface area contributed by atoms with Crippen molar-refractivity contribution in [2.75, 3.05) is 5.32 Å². The maximum atomic E-state index is 12.3. The van der Waals surface area contributed by atoms with E-state index in [4.69, 9.17) is 11.6 Å². The zero-order valence-corrected chi connectivity index (χ0v) is 20.4.